The van der Waals surface area contributed by atoms with Crippen molar-refractivity contribution in [1.82, 2.24) is 15.1 Å². The normalized spacial score (nSPS) is 25.6. The number of nitrogens with zero attached hydrogens (tertiary/aromatic N) is 2. The van der Waals surface area contributed by atoms with E-state index in [1.54, 1.807) is 4.90 Å². The monoisotopic (exact) mass is 404 g/mol. The third-order valence-electron chi connectivity index (χ3n) is 5.82. The summed E-state index contributed by atoms with van der Waals surface area (Å²) in [6.07, 6.45) is 1.65. The lowest BCUT2D eigenvalue weighted by atomic mass is 9.88. The first-order valence-electron chi connectivity index (χ1n) is 9.70. The fraction of sp³-hybridized carbons (Fsp3) is 0.500. The van der Waals surface area contributed by atoms with Crippen molar-refractivity contribution in [3.8, 4) is 0 Å². The Morgan fingerprint density at radius 2 is 1.86 bits per heavy atom. The number of urea groups is 1. The molecule has 0 saturated carbocycles. The number of carbonyl (C=O) groups is 2. The van der Waals surface area contributed by atoms with Gasteiger partial charge < -0.3 is 25.6 Å². The molecule has 3 heterocycles. The topological polar surface area (TPSA) is 87.9 Å². The Bertz CT molecular complexity index is 779. The second kappa shape index (κ2) is 8.01. The van der Waals surface area contributed by atoms with E-state index in [4.69, 9.17) is 22.1 Å². The van der Waals surface area contributed by atoms with E-state index in [2.05, 4.69) is 5.32 Å². The number of hydrogen-bond donors (Lipinski definition) is 2. The number of hydrogen-bond acceptors (Lipinski definition) is 4. The second-order valence-corrected chi connectivity index (χ2v) is 7.85. The van der Waals surface area contributed by atoms with Crippen molar-refractivity contribution in [2.45, 2.75) is 24.9 Å². The van der Waals surface area contributed by atoms with Crippen LogP contribution in [0.3, 0.4) is 0 Å². The van der Waals surface area contributed by atoms with Gasteiger partial charge in [-0.3, -0.25) is 4.79 Å². The molecule has 3 aliphatic rings. The number of amides is 3. The molecular weight excluding hydrogens is 380 g/mol. The van der Waals surface area contributed by atoms with Crippen LogP contribution in [0.1, 0.15) is 18.4 Å². The zero-order valence-electron chi connectivity index (χ0n) is 15.6. The van der Waals surface area contributed by atoms with Crippen molar-refractivity contribution in [2.75, 3.05) is 32.8 Å². The van der Waals surface area contributed by atoms with Crippen LogP contribution in [-0.2, 0) is 9.53 Å². The van der Waals surface area contributed by atoms with E-state index in [0.29, 0.717) is 38.0 Å². The number of benzene rings is 1. The molecule has 2 fully saturated rings. The molecule has 1 aromatic carbocycles. The van der Waals surface area contributed by atoms with Gasteiger partial charge in [-0.1, -0.05) is 41.9 Å². The van der Waals surface area contributed by atoms with E-state index in [1.165, 1.54) is 0 Å². The largest absolute Gasteiger partial charge is 0.381 e. The number of nitrogens with one attached hydrogen (secondary N) is 1. The molecule has 2 atom stereocenters. The molecule has 150 valence electrons. The molecule has 3 amide bonds. The minimum absolute atomic E-state index is 0.0981. The molecule has 0 aliphatic carbocycles. The molecule has 2 unspecified atom stereocenters. The zero-order valence-corrected chi connectivity index (χ0v) is 16.4. The molecule has 0 bridgehead atoms. The molecule has 7 nitrogen and oxygen atoms in total. The first kappa shape index (κ1) is 19.1. The molecule has 4 rings (SSSR count). The second-order valence-electron chi connectivity index (χ2n) is 7.49. The molecule has 8 heteroatoms. The molecule has 0 spiro atoms. The molecule has 28 heavy (non-hydrogen) atoms. The Morgan fingerprint density at radius 3 is 2.54 bits per heavy atom. The maximum atomic E-state index is 12.8. The van der Waals surface area contributed by atoms with Crippen molar-refractivity contribution in [3.63, 3.8) is 0 Å². The number of nitrogens with two attached hydrogens (primary N) is 1. The van der Waals surface area contributed by atoms with Crippen LogP contribution < -0.4 is 11.1 Å². The van der Waals surface area contributed by atoms with Gasteiger partial charge >= 0.3 is 6.03 Å². The van der Waals surface area contributed by atoms with Crippen LogP contribution in [0.4, 0.5) is 4.79 Å². The quantitative estimate of drug-likeness (QED) is 0.749. The van der Waals surface area contributed by atoms with Crippen molar-refractivity contribution in [2.24, 2.45) is 11.7 Å². The lowest BCUT2D eigenvalue weighted by Gasteiger charge is -2.41. The van der Waals surface area contributed by atoms with Crippen LogP contribution in [-0.4, -0.2) is 66.7 Å². The third kappa shape index (κ3) is 3.56. The van der Waals surface area contributed by atoms with Gasteiger partial charge in [0, 0.05) is 44.5 Å². The van der Waals surface area contributed by atoms with Gasteiger partial charge in [-0.25, -0.2) is 4.79 Å². The van der Waals surface area contributed by atoms with Gasteiger partial charge in [0.2, 0.25) is 5.91 Å². The first-order chi connectivity index (χ1) is 13.6. The fourth-order valence-electron chi connectivity index (χ4n) is 4.35. The van der Waals surface area contributed by atoms with Gasteiger partial charge in [0.05, 0.1) is 12.0 Å². The zero-order chi connectivity index (χ0) is 19.7. The Hall–Kier alpha value is -2.25. The molecule has 3 N–H and O–H groups in total. The van der Waals surface area contributed by atoms with Gasteiger partial charge in [0.1, 0.15) is 5.16 Å². The van der Waals surface area contributed by atoms with E-state index in [9.17, 15) is 9.59 Å². The van der Waals surface area contributed by atoms with Crippen LogP contribution in [0.2, 0.25) is 0 Å². The third-order valence-corrected chi connectivity index (χ3v) is 6.24. The fourth-order valence-corrected chi connectivity index (χ4v) is 4.79. The number of rotatable bonds is 3. The van der Waals surface area contributed by atoms with Crippen LogP contribution in [0, 0.1) is 5.92 Å². The standard InChI is InChI=1S/C20H25ClN4O3/c21-18-16(13-4-2-1-3-5-13)17(19(22)26)15-12-24(8-9-25(15)18)20(27)23-14-6-10-28-11-7-14/h1-5,14-15,17H,6-12H2,(H2,22,26)(H,23,27). The van der Waals surface area contributed by atoms with Gasteiger partial charge in [-0.15, -0.1) is 0 Å². The highest BCUT2D eigenvalue weighted by Gasteiger charge is 2.47. The van der Waals surface area contributed by atoms with Gasteiger partial charge in [0.15, 0.2) is 0 Å². The summed E-state index contributed by atoms with van der Waals surface area (Å²) in [4.78, 5) is 28.9. The Kier molecular flexibility index (Phi) is 5.46. The smallest absolute Gasteiger partial charge is 0.317 e. The average molecular weight is 405 g/mol. The van der Waals surface area contributed by atoms with Crippen LogP contribution in [0.25, 0.3) is 5.57 Å². The van der Waals surface area contributed by atoms with Crippen molar-refractivity contribution in [3.05, 3.63) is 41.1 Å². The Balaban J connectivity index is 1.52. The SMILES string of the molecule is NC(=O)C1C(c2ccccc2)=C(Cl)N2CCN(C(=O)NC3CCOCC3)CC12. The highest BCUT2D eigenvalue weighted by Crippen LogP contribution is 2.43. The molecule has 0 aromatic heterocycles. The Labute approximate surface area is 169 Å². The van der Waals surface area contributed by atoms with Crippen molar-refractivity contribution < 1.29 is 14.3 Å². The average Bonchev–Trinajstić information content (AvgIpc) is 3.01. The van der Waals surface area contributed by atoms with E-state index >= 15 is 0 Å². The van der Waals surface area contributed by atoms with Crippen LogP contribution in [0.5, 0.6) is 0 Å². The predicted molar refractivity (Wildman–Crippen MR) is 106 cm³/mol. The summed E-state index contributed by atoms with van der Waals surface area (Å²) < 4.78 is 5.35. The summed E-state index contributed by atoms with van der Waals surface area (Å²) in [7, 11) is 0. The molecule has 2 saturated heterocycles. The maximum Gasteiger partial charge on any atom is 0.317 e. The summed E-state index contributed by atoms with van der Waals surface area (Å²) in [5, 5.41) is 3.65. The molecule has 1 aromatic rings. The number of halogens is 1. The molecule has 0 radical (unpaired) electrons. The van der Waals surface area contributed by atoms with Crippen molar-refractivity contribution in [1.29, 1.82) is 0 Å². The number of piperazine rings is 1. The summed E-state index contributed by atoms with van der Waals surface area (Å²) >= 11 is 6.67. The van der Waals surface area contributed by atoms with E-state index < -0.39 is 11.8 Å². The molecule has 3 aliphatic heterocycles. The summed E-state index contributed by atoms with van der Waals surface area (Å²) in [6, 6.07) is 9.40. The summed E-state index contributed by atoms with van der Waals surface area (Å²) in [5.74, 6) is -0.968. The number of ether oxygens (including phenoxy) is 1. The van der Waals surface area contributed by atoms with Gasteiger partial charge in [-0.05, 0) is 18.4 Å². The van der Waals surface area contributed by atoms with Crippen LogP contribution in [0.15, 0.2) is 35.5 Å². The minimum Gasteiger partial charge on any atom is -0.381 e. The van der Waals surface area contributed by atoms with Gasteiger partial charge in [0.25, 0.3) is 0 Å². The maximum absolute atomic E-state index is 12.8. The minimum atomic E-state index is -0.548. The van der Waals surface area contributed by atoms with E-state index in [-0.39, 0.29) is 18.1 Å². The molecular formula is C20H25ClN4O3. The van der Waals surface area contributed by atoms with E-state index in [0.717, 1.165) is 24.0 Å². The van der Waals surface area contributed by atoms with Crippen molar-refractivity contribution >= 4 is 29.1 Å². The highest BCUT2D eigenvalue weighted by atomic mass is 35.5. The summed E-state index contributed by atoms with van der Waals surface area (Å²) in [6.45, 7) is 2.88. The first-order valence-corrected chi connectivity index (χ1v) is 10.1. The van der Waals surface area contributed by atoms with Crippen LogP contribution >= 0.6 is 11.6 Å². The number of fused-ring (bicyclic) bond motifs is 1. The predicted octanol–water partition coefficient (Wildman–Crippen LogP) is 1.58. The highest BCUT2D eigenvalue weighted by molar-refractivity contribution is 6.33. The lowest BCUT2D eigenvalue weighted by molar-refractivity contribution is -0.121. The lowest BCUT2D eigenvalue weighted by Crippen LogP contribution is -2.58. The number of primary amides is 1. The van der Waals surface area contributed by atoms with Gasteiger partial charge in [-0.2, -0.15) is 0 Å². The number of carbonyl (C=O) groups excluding carboxylic acids is 2. The summed E-state index contributed by atoms with van der Waals surface area (Å²) in [5.41, 5.74) is 7.42. The Morgan fingerprint density at radius 1 is 1.14 bits per heavy atom. The van der Waals surface area contributed by atoms with E-state index in [1.807, 2.05) is 35.2 Å².